The van der Waals surface area contributed by atoms with E-state index < -0.39 is 0 Å². The molecule has 88 valence electrons. The molecule has 3 nitrogen and oxygen atoms in total. The fraction of sp³-hybridized carbons (Fsp3) is 0.231. The lowest BCUT2D eigenvalue weighted by Gasteiger charge is -2.27. The summed E-state index contributed by atoms with van der Waals surface area (Å²) in [6.45, 7) is 4.03. The van der Waals surface area contributed by atoms with Crippen LogP contribution >= 0.6 is 12.6 Å². The van der Waals surface area contributed by atoms with Crippen LogP contribution in [0.25, 0.3) is 0 Å². The number of hydrogen-bond donors (Lipinski definition) is 1. The van der Waals surface area contributed by atoms with Gasteiger partial charge in [-0.05, 0) is 17.2 Å². The number of rotatable bonds is 3. The lowest BCUT2D eigenvalue weighted by molar-refractivity contribution is -0.128. The van der Waals surface area contributed by atoms with Crippen LogP contribution in [0.3, 0.4) is 0 Å². The Kier molecular flexibility index (Phi) is 3.33. The van der Waals surface area contributed by atoms with E-state index in [4.69, 9.17) is 0 Å². The second-order valence-electron chi connectivity index (χ2n) is 4.03. The second-order valence-corrected chi connectivity index (χ2v) is 4.34. The average molecular weight is 247 g/mol. The molecule has 2 amide bonds. The summed E-state index contributed by atoms with van der Waals surface area (Å²) in [6, 6.07) is 7.20. The van der Waals surface area contributed by atoms with Crippen molar-refractivity contribution in [1.29, 1.82) is 0 Å². The highest BCUT2D eigenvalue weighted by Crippen LogP contribution is 2.20. The van der Waals surface area contributed by atoms with Crippen molar-refractivity contribution in [1.82, 2.24) is 4.90 Å². The molecule has 0 fully saturated rings. The largest absolute Gasteiger partial charge is 0.274 e. The average Bonchev–Trinajstić information content (AvgIpc) is 2.34. The highest BCUT2D eigenvalue weighted by atomic mass is 32.1. The zero-order valence-corrected chi connectivity index (χ0v) is 10.2. The molecule has 17 heavy (non-hydrogen) atoms. The van der Waals surface area contributed by atoms with Crippen molar-refractivity contribution in [3.63, 3.8) is 0 Å². The number of carbonyl (C=O) groups is 2. The van der Waals surface area contributed by atoms with Crippen LogP contribution in [0.2, 0.25) is 0 Å². The zero-order valence-electron chi connectivity index (χ0n) is 9.35. The van der Waals surface area contributed by atoms with Gasteiger partial charge >= 0.3 is 0 Å². The summed E-state index contributed by atoms with van der Waals surface area (Å²) in [7, 11) is 0. The van der Waals surface area contributed by atoms with Gasteiger partial charge in [-0.1, -0.05) is 24.8 Å². The third-order valence-electron chi connectivity index (χ3n) is 2.74. The summed E-state index contributed by atoms with van der Waals surface area (Å²) >= 11 is 4.08. The molecule has 0 atom stereocenters. The van der Waals surface area contributed by atoms with Crippen LogP contribution in [0.15, 0.2) is 36.4 Å². The van der Waals surface area contributed by atoms with Crippen LogP contribution in [0.4, 0.5) is 0 Å². The summed E-state index contributed by atoms with van der Waals surface area (Å²) in [6.07, 6.45) is 0.280. The molecule has 0 N–H and O–H groups in total. The van der Waals surface area contributed by atoms with Gasteiger partial charge in [0.1, 0.15) is 0 Å². The number of imide groups is 1. The summed E-state index contributed by atoms with van der Waals surface area (Å²) in [5.74, 6) is 0.0648. The van der Waals surface area contributed by atoms with Gasteiger partial charge in [0.2, 0.25) is 5.91 Å². The molecule has 1 heterocycles. The topological polar surface area (TPSA) is 37.4 Å². The fourth-order valence-corrected chi connectivity index (χ4v) is 1.93. The van der Waals surface area contributed by atoms with Gasteiger partial charge in [0.25, 0.3) is 5.91 Å². The number of nitrogens with zero attached hydrogens (tertiary/aromatic N) is 1. The molecule has 0 spiro atoms. The number of thiol groups is 1. The number of carbonyl (C=O) groups excluding carboxylic acids is 2. The molecule has 0 unspecified atom stereocenters. The Balaban J connectivity index is 2.30. The molecule has 4 heteroatoms. The van der Waals surface area contributed by atoms with E-state index in [2.05, 4.69) is 19.2 Å². The van der Waals surface area contributed by atoms with Crippen molar-refractivity contribution < 1.29 is 9.59 Å². The number of fused-ring (bicyclic) bond motifs is 1. The lowest BCUT2D eigenvalue weighted by Crippen LogP contribution is -2.43. The highest BCUT2D eigenvalue weighted by Gasteiger charge is 2.30. The molecule has 0 saturated carbocycles. The molecule has 1 aliphatic rings. The van der Waals surface area contributed by atoms with Gasteiger partial charge in [-0.15, -0.1) is 0 Å². The van der Waals surface area contributed by atoms with Crippen molar-refractivity contribution in [2.75, 3.05) is 12.3 Å². The standard InChI is InChI=1S/C13H13NO2S/c1-9(8-17)7-14-12(15)6-10-4-2-3-5-11(10)13(14)16/h2-5,17H,1,6-8H2. The first-order valence-electron chi connectivity index (χ1n) is 5.33. The van der Waals surface area contributed by atoms with Crippen molar-refractivity contribution in [3.05, 3.63) is 47.5 Å². The van der Waals surface area contributed by atoms with E-state index in [-0.39, 0.29) is 24.8 Å². The quantitative estimate of drug-likeness (QED) is 0.501. The Bertz CT molecular complexity index is 496. The van der Waals surface area contributed by atoms with Crippen LogP contribution in [0.1, 0.15) is 15.9 Å². The number of amides is 2. The molecule has 0 bridgehead atoms. The van der Waals surface area contributed by atoms with E-state index in [0.717, 1.165) is 11.1 Å². The first kappa shape index (κ1) is 11.9. The molecule has 2 rings (SSSR count). The first-order valence-corrected chi connectivity index (χ1v) is 5.97. The van der Waals surface area contributed by atoms with Gasteiger partial charge in [-0.3, -0.25) is 14.5 Å². The summed E-state index contributed by atoms with van der Waals surface area (Å²) in [5, 5.41) is 0. The van der Waals surface area contributed by atoms with Crippen molar-refractivity contribution in [2.45, 2.75) is 6.42 Å². The molecule has 0 saturated heterocycles. The van der Waals surface area contributed by atoms with Gasteiger partial charge in [-0.2, -0.15) is 12.6 Å². The second kappa shape index (κ2) is 4.75. The summed E-state index contributed by atoms with van der Waals surface area (Å²) in [5.41, 5.74) is 2.17. The first-order chi connectivity index (χ1) is 8.13. The molecule has 1 aliphatic heterocycles. The number of benzene rings is 1. The van der Waals surface area contributed by atoms with Crippen molar-refractivity contribution in [2.24, 2.45) is 0 Å². The Morgan fingerprint density at radius 1 is 1.35 bits per heavy atom. The Hall–Kier alpha value is -1.55. The molecule has 0 aromatic heterocycles. The van der Waals surface area contributed by atoms with Crippen LogP contribution in [0.5, 0.6) is 0 Å². The van der Waals surface area contributed by atoms with Gasteiger partial charge in [0.15, 0.2) is 0 Å². The van der Waals surface area contributed by atoms with Crippen LogP contribution < -0.4 is 0 Å². The van der Waals surface area contributed by atoms with Gasteiger partial charge in [-0.25, -0.2) is 0 Å². The summed E-state index contributed by atoms with van der Waals surface area (Å²) < 4.78 is 0. The van der Waals surface area contributed by atoms with Crippen molar-refractivity contribution >= 4 is 24.4 Å². The Labute approximate surface area is 106 Å². The molecule has 0 aliphatic carbocycles. The maximum atomic E-state index is 12.1. The third kappa shape index (κ3) is 2.26. The van der Waals surface area contributed by atoms with E-state index in [1.54, 1.807) is 12.1 Å². The molecule has 1 aromatic rings. The minimum Gasteiger partial charge on any atom is -0.274 e. The number of hydrogen-bond acceptors (Lipinski definition) is 3. The van der Waals surface area contributed by atoms with Crippen LogP contribution in [0, 0.1) is 0 Å². The monoisotopic (exact) mass is 247 g/mol. The fourth-order valence-electron chi connectivity index (χ4n) is 1.83. The van der Waals surface area contributed by atoms with E-state index in [1.807, 2.05) is 12.1 Å². The predicted molar refractivity (Wildman–Crippen MR) is 69.2 cm³/mol. The molecular weight excluding hydrogens is 234 g/mol. The van der Waals surface area contributed by atoms with Crippen LogP contribution in [-0.2, 0) is 11.2 Å². The van der Waals surface area contributed by atoms with Gasteiger partial charge < -0.3 is 0 Å². The van der Waals surface area contributed by atoms with E-state index >= 15 is 0 Å². The SMILES string of the molecule is C=C(CS)CN1C(=O)Cc2ccccc2C1=O. The van der Waals surface area contributed by atoms with E-state index in [0.29, 0.717) is 11.3 Å². The molecular formula is C13H13NO2S. The minimum absolute atomic E-state index is 0.170. The zero-order chi connectivity index (χ0) is 12.4. The Morgan fingerprint density at radius 2 is 2.06 bits per heavy atom. The normalized spacial score (nSPS) is 14.8. The van der Waals surface area contributed by atoms with Gasteiger partial charge in [0.05, 0.1) is 13.0 Å². The molecule has 0 radical (unpaired) electrons. The Morgan fingerprint density at radius 3 is 2.76 bits per heavy atom. The smallest absolute Gasteiger partial charge is 0.261 e. The lowest BCUT2D eigenvalue weighted by atomic mass is 9.98. The van der Waals surface area contributed by atoms with Gasteiger partial charge in [0, 0.05) is 11.3 Å². The maximum absolute atomic E-state index is 12.1. The predicted octanol–water partition coefficient (Wildman–Crippen LogP) is 1.70. The van der Waals surface area contributed by atoms with Crippen LogP contribution in [-0.4, -0.2) is 29.0 Å². The van der Waals surface area contributed by atoms with E-state index in [9.17, 15) is 9.59 Å². The summed E-state index contributed by atoms with van der Waals surface area (Å²) in [4.78, 5) is 25.2. The maximum Gasteiger partial charge on any atom is 0.261 e. The highest BCUT2D eigenvalue weighted by molar-refractivity contribution is 7.80. The third-order valence-corrected chi connectivity index (χ3v) is 3.19. The van der Waals surface area contributed by atoms with E-state index in [1.165, 1.54) is 4.90 Å². The minimum atomic E-state index is -0.236. The van der Waals surface area contributed by atoms with Crippen molar-refractivity contribution in [3.8, 4) is 0 Å². The molecule has 1 aromatic carbocycles.